The Labute approximate surface area is 195 Å². The number of morpholine rings is 1. The largest absolute Gasteiger partial charge is 0.379 e. The lowest BCUT2D eigenvalue weighted by atomic mass is 10.0. The van der Waals surface area contributed by atoms with Gasteiger partial charge >= 0.3 is 0 Å². The number of amides is 1. The Morgan fingerprint density at radius 3 is 2.62 bits per heavy atom. The van der Waals surface area contributed by atoms with Crippen molar-refractivity contribution in [2.24, 2.45) is 0 Å². The first-order valence-corrected chi connectivity index (χ1v) is 12.3. The van der Waals surface area contributed by atoms with Gasteiger partial charge in [0.05, 0.1) is 29.9 Å². The molecule has 0 aliphatic carbocycles. The number of hydrogen-bond acceptors (Lipinski definition) is 5. The number of ether oxygens (including phenoxy) is 1. The molecule has 6 heteroatoms. The van der Waals surface area contributed by atoms with Gasteiger partial charge in [0.25, 0.3) is 0 Å². The monoisotopic (exact) mass is 451 g/mol. The van der Waals surface area contributed by atoms with Gasteiger partial charge in [-0.3, -0.25) is 14.6 Å². The van der Waals surface area contributed by atoms with Crippen molar-refractivity contribution in [1.82, 2.24) is 9.88 Å². The van der Waals surface area contributed by atoms with Gasteiger partial charge in [-0.2, -0.15) is 0 Å². The number of aryl methyl sites for hydroxylation is 4. The lowest BCUT2D eigenvalue weighted by Crippen LogP contribution is -2.39. The van der Waals surface area contributed by atoms with Crippen LogP contribution in [0.15, 0.2) is 30.3 Å². The van der Waals surface area contributed by atoms with E-state index in [4.69, 9.17) is 9.72 Å². The SMILES string of the molecule is Cc1ccc(CC(=O)N(CCCN2CCOCC2)c2nc3c(C)c(C)ccc3s2)c(C)c1. The van der Waals surface area contributed by atoms with Crippen molar-refractivity contribution in [3.8, 4) is 0 Å². The van der Waals surface area contributed by atoms with E-state index < -0.39 is 0 Å². The van der Waals surface area contributed by atoms with Crippen LogP contribution in [0.1, 0.15) is 34.2 Å². The molecule has 1 aliphatic rings. The summed E-state index contributed by atoms with van der Waals surface area (Å²) in [5.41, 5.74) is 6.92. The van der Waals surface area contributed by atoms with E-state index in [-0.39, 0.29) is 5.91 Å². The summed E-state index contributed by atoms with van der Waals surface area (Å²) in [6, 6.07) is 10.6. The Morgan fingerprint density at radius 2 is 1.88 bits per heavy atom. The predicted octanol–water partition coefficient (Wildman–Crippen LogP) is 4.83. The Morgan fingerprint density at radius 1 is 1.09 bits per heavy atom. The lowest BCUT2D eigenvalue weighted by molar-refractivity contribution is -0.118. The summed E-state index contributed by atoms with van der Waals surface area (Å²) in [5.74, 6) is 0.118. The Balaban J connectivity index is 1.56. The average molecular weight is 452 g/mol. The van der Waals surface area contributed by atoms with Gasteiger partial charge in [0.1, 0.15) is 0 Å². The van der Waals surface area contributed by atoms with Crippen LogP contribution in [0.3, 0.4) is 0 Å². The zero-order valence-electron chi connectivity index (χ0n) is 19.6. The Bertz CT molecular complexity index is 1100. The van der Waals surface area contributed by atoms with Gasteiger partial charge in [0, 0.05) is 26.2 Å². The van der Waals surface area contributed by atoms with E-state index in [9.17, 15) is 4.79 Å². The van der Waals surface area contributed by atoms with E-state index in [0.717, 1.165) is 60.2 Å². The van der Waals surface area contributed by atoms with Crippen LogP contribution in [-0.4, -0.2) is 55.2 Å². The summed E-state index contributed by atoms with van der Waals surface area (Å²) in [7, 11) is 0. The minimum atomic E-state index is 0.118. The van der Waals surface area contributed by atoms with Crippen LogP contribution in [0.4, 0.5) is 5.13 Å². The van der Waals surface area contributed by atoms with Crippen LogP contribution in [0.25, 0.3) is 10.2 Å². The third kappa shape index (κ3) is 5.20. The number of thiazole rings is 1. The minimum Gasteiger partial charge on any atom is -0.379 e. The van der Waals surface area contributed by atoms with Crippen LogP contribution in [0, 0.1) is 27.7 Å². The highest BCUT2D eigenvalue weighted by Gasteiger charge is 2.22. The van der Waals surface area contributed by atoms with Crippen molar-refractivity contribution < 1.29 is 9.53 Å². The first kappa shape index (κ1) is 22.9. The number of aromatic nitrogens is 1. The van der Waals surface area contributed by atoms with Crippen molar-refractivity contribution in [3.63, 3.8) is 0 Å². The van der Waals surface area contributed by atoms with Gasteiger partial charge in [-0.25, -0.2) is 4.98 Å². The molecule has 2 aromatic carbocycles. The molecule has 0 N–H and O–H groups in total. The molecule has 0 spiro atoms. The van der Waals surface area contributed by atoms with Crippen LogP contribution < -0.4 is 4.90 Å². The van der Waals surface area contributed by atoms with E-state index in [0.29, 0.717) is 13.0 Å². The summed E-state index contributed by atoms with van der Waals surface area (Å²) in [5, 5.41) is 0.811. The summed E-state index contributed by atoms with van der Waals surface area (Å²) in [4.78, 5) is 22.8. The fraction of sp³-hybridized carbons (Fsp3) is 0.462. The van der Waals surface area contributed by atoms with Gasteiger partial charge in [-0.05, 0) is 62.4 Å². The molecule has 1 saturated heterocycles. The van der Waals surface area contributed by atoms with E-state index >= 15 is 0 Å². The van der Waals surface area contributed by atoms with Gasteiger partial charge in [0.15, 0.2) is 5.13 Å². The lowest BCUT2D eigenvalue weighted by Gasteiger charge is -2.27. The Kier molecular flexibility index (Phi) is 7.23. The molecule has 32 heavy (non-hydrogen) atoms. The molecule has 4 rings (SSSR count). The fourth-order valence-corrected chi connectivity index (χ4v) is 5.30. The third-order valence-electron chi connectivity index (χ3n) is 6.41. The van der Waals surface area contributed by atoms with E-state index in [1.807, 2.05) is 4.90 Å². The number of carbonyl (C=O) groups excluding carboxylic acids is 1. The van der Waals surface area contributed by atoms with Gasteiger partial charge in [-0.15, -0.1) is 0 Å². The minimum absolute atomic E-state index is 0.118. The maximum Gasteiger partial charge on any atom is 0.233 e. The average Bonchev–Trinajstić information content (AvgIpc) is 3.21. The van der Waals surface area contributed by atoms with Crippen LogP contribution in [-0.2, 0) is 16.0 Å². The van der Waals surface area contributed by atoms with Gasteiger partial charge in [0.2, 0.25) is 5.91 Å². The summed E-state index contributed by atoms with van der Waals surface area (Å²) >= 11 is 1.62. The highest BCUT2D eigenvalue weighted by atomic mass is 32.1. The molecular weight excluding hydrogens is 418 g/mol. The maximum atomic E-state index is 13.5. The number of benzene rings is 2. The van der Waals surface area contributed by atoms with Crippen LogP contribution in [0.2, 0.25) is 0 Å². The fourth-order valence-electron chi connectivity index (χ4n) is 4.24. The predicted molar refractivity (Wildman–Crippen MR) is 133 cm³/mol. The first-order chi connectivity index (χ1) is 15.4. The number of carbonyl (C=O) groups is 1. The molecule has 1 fully saturated rings. The molecule has 0 atom stereocenters. The van der Waals surface area contributed by atoms with Crippen LogP contribution in [0.5, 0.6) is 0 Å². The molecule has 3 aromatic rings. The number of rotatable bonds is 7. The van der Waals surface area contributed by atoms with E-state index in [1.54, 1.807) is 11.3 Å². The third-order valence-corrected chi connectivity index (χ3v) is 7.45. The topological polar surface area (TPSA) is 45.7 Å². The molecule has 1 aromatic heterocycles. The first-order valence-electron chi connectivity index (χ1n) is 11.5. The maximum absolute atomic E-state index is 13.5. The molecule has 2 heterocycles. The summed E-state index contributed by atoms with van der Waals surface area (Å²) in [6.07, 6.45) is 1.32. The zero-order chi connectivity index (χ0) is 22.7. The van der Waals surface area contributed by atoms with Crippen molar-refractivity contribution in [2.45, 2.75) is 40.5 Å². The molecule has 0 unspecified atom stereocenters. The quantitative estimate of drug-likeness (QED) is 0.516. The van der Waals surface area contributed by atoms with E-state index in [2.05, 4.69) is 62.9 Å². The van der Waals surface area contributed by atoms with Gasteiger partial charge in [-0.1, -0.05) is 41.2 Å². The van der Waals surface area contributed by atoms with Crippen molar-refractivity contribution in [1.29, 1.82) is 0 Å². The summed E-state index contributed by atoms with van der Waals surface area (Å²) in [6.45, 7) is 13.6. The van der Waals surface area contributed by atoms with Gasteiger partial charge < -0.3 is 4.74 Å². The highest BCUT2D eigenvalue weighted by molar-refractivity contribution is 7.22. The zero-order valence-corrected chi connectivity index (χ0v) is 20.4. The standard InChI is InChI=1S/C26H33N3O2S/c1-18-6-8-22(20(3)16-18)17-24(30)29(11-5-10-28-12-14-31-15-13-28)26-27-25-21(4)19(2)7-9-23(25)32-26/h6-9,16H,5,10-15,17H2,1-4H3. The number of nitrogens with zero attached hydrogens (tertiary/aromatic N) is 3. The molecule has 1 amide bonds. The van der Waals surface area contributed by atoms with Crippen molar-refractivity contribution >= 4 is 32.6 Å². The number of hydrogen-bond donors (Lipinski definition) is 0. The van der Waals surface area contributed by atoms with Crippen molar-refractivity contribution in [2.75, 3.05) is 44.3 Å². The number of fused-ring (bicyclic) bond motifs is 1. The molecule has 1 aliphatic heterocycles. The van der Waals surface area contributed by atoms with E-state index in [1.165, 1.54) is 22.3 Å². The van der Waals surface area contributed by atoms with Crippen molar-refractivity contribution in [3.05, 3.63) is 58.1 Å². The molecule has 170 valence electrons. The molecule has 0 bridgehead atoms. The molecule has 5 nitrogen and oxygen atoms in total. The smallest absolute Gasteiger partial charge is 0.233 e. The highest BCUT2D eigenvalue weighted by Crippen LogP contribution is 2.32. The molecule has 0 radical (unpaired) electrons. The number of anilines is 1. The van der Waals surface area contributed by atoms with Crippen LogP contribution >= 0.6 is 11.3 Å². The summed E-state index contributed by atoms with van der Waals surface area (Å²) < 4.78 is 6.60. The normalized spacial score (nSPS) is 14.8. The second-order valence-corrected chi connectivity index (χ2v) is 9.82. The Hall–Kier alpha value is -2.28. The molecule has 0 saturated carbocycles. The molecular formula is C26H33N3O2S. The second kappa shape index (κ2) is 10.1. The second-order valence-electron chi connectivity index (χ2n) is 8.81.